The Labute approximate surface area is 105 Å². The van der Waals surface area contributed by atoms with Crippen molar-refractivity contribution in [2.45, 2.75) is 32.8 Å². The highest BCUT2D eigenvalue weighted by Gasteiger charge is 2.12. The van der Waals surface area contributed by atoms with Crippen molar-refractivity contribution in [3.63, 3.8) is 0 Å². The summed E-state index contributed by atoms with van der Waals surface area (Å²) in [6, 6.07) is 0. The third kappa shape index (κ3) is 8.51. The predicted molar refractivity (Wildman–Crippen MR) is 61.9 cm³/mol. The summed E-state index contributed by atoms with van der Waals surface area (Å²) < 4.78 is 9.49. The van der Waals surface area contributed by atoms with Crippen LogP contribution in [0, 0.1) is 0 Å². The average molecular weight is 261 g/mol. The van der Waals surface area contributed by atoms with E-state index in [1.54, 1.807) is 6.92 Å². The van der Waals surface area contributed by atoms with Crippen molar-refractivity contribution in [2.24, 2.45) is 0 Å². The number of carbonyl (C=O) groups is 3. The first-order valence-corrected chi connectivity index (χ1v) is 5.74. The highest BCUT2D eigenvalue weighted by atomic mass is 16.5. The molecule has 0 aliphatic rings. The molecule has 104 valence electrons. The summed E-state index contributed by atoms with van der Waals surface area (Å²) in [4.78, 5) is 32.5. The molecule has 7 nitrogen and oxygen atoms in total. The molecular weight excluding hydrogens is 242 g/mol. The molecule has 0 aromatic carbocycles. The summed E-state index contributed by atoms with van der Waals surface area (Å²) in [7, 11) is 0. The Morgan fingerprint density at radius 2 is 2.00 bits per heavy atom. The van der Waals surface area contributed by atoms with Crippen LogP contribution in [0.3, 0.4) is 0 Å². The van der Waals surface area contributed by atoms with E-state index in [4.69, 9.17) is 14.6 Å². The molecule has 2 N–H and O–H groups in total. The molecule has 0 saturated carbocycles. The van der Waals surface area contributed by atoms with Crippen LogP contribution in [0.2, 0.25) is 0 Å². The molecule has 0 aromatic heterocycles. The SMILES string of the molecule is CCOC(=O)CCCNC(=O)CO[C@H](C)C(=O)O. The first-order valence-electron chi connectivity index (χ1n) is 5.74. The first kappa shape index (κ1) is 16.4. The van der Waals surface area contributed by atoms with Crippen molar-refractivity contribution in [1.82, 2.24) is 5.32 Å². The molecule has 0 unspecified atom stereocenters. The quantitative estimate of drug-likeness (QED) is 0.445. The fraction of sp³-hybridized carbons (Fsp3) is 0.727. The molecule has 1 atom stereocenters. The third-order valence-corrected chi connectivity index (χ3v) is 2.00. The normalized spacial score (nSPS) is 11.7. The number of ether oxygens (including phenoxy) is 2. The molecule has 0 rings (SSSR count). The number of amides is 1. The lowest BCUT2D eigenvalue weighted by atomic mass is 10.3. The van der Waals surface area contributed by atoms with Crippen LogP contribution in [0.5, 0.6) is 0 Å². The van der Waals surface area contributed by atoms with E-state index >= 15 is 0 Å². The zero-order valence-electron chi connectivity index (χ0n) is 10.6. The van der Waals surface area contributed by atoms with Gasteiger partial charge in [-0.15, -0.1) is 0 Å². The van der Waals surface area contributed by atoms with Crippen LogP contribution in [0.4, 0.5) is 0 Å². The zero-order valence-corrected chi connectivity index (χ0v) is 10.6. The van der Waals surface area contributed by atoms with Gasteiger partial charge >= 0.3 is 11.9 Å². The summed E-state index contributed by atoms with van der Waals surface area (Å²) in [5.74, 6) is -1.83. The minimum absolute atomic E-state index is 0.237. The van der Waals surface area contributed by atoms with E-state index in [0.717, 1.165) is 0 Å². The molecule has 0 aliphatic heterocycles. The fourth-order valence-electron chi connectivity index (χ4n) is 1.02. The van der Waals surface area contributed by atoms with Crippen molar-refractivity contribution in [3.8, 4) is 0 Å². The molecule has 0 aliphatic carbocycles. The second kappa shape index (κ2) is 9.41. The number of carboxylic acid groups (broad SMARTS) is 1. The Bertz CT molecular complexity index is 291. The van der Waals surface area contributed by atoms with E-state index in [1.165, 1.54) is 6.92 Å². The fourth-order valence-corrected chi connectivity index (χ4v) is 1.02. The molecule has 0 bridgehead atoms. The lowest BCUT2D eigenvalue weighted by molar-refractivity contribution is -0.151. The van der Waals surface area contributed by atoms with Crippen LogP contribution < -0.4 is 5.32 Å². The molecule has 0 fully saturated rings. The summed E-state index contributed by atoms with van der Waals surface area (Å²) >= 11 is 0. The maximum Gasteiger partial charge on any atom is 0.332 e. The Balaban J connectivity index is 3.54. The van der Waals surface area contributed by atoms with Crippen LogP contribution >= 0.6 is 0 Å². The number of hydrogen-bond donors (Lipinski definition) is 2. The topological polar surface area (TPSA) is 102 Å². The summed E-state index contributed by atoms with van der Waals surface area (Å²) in [5, 5.41) is 11.0. The van der Waals surface area contributed by atoms with E-state index < -0.39 is 18.0 Å². The monoisotopic (exact) mass is 261 g/mol. The van der Waals surface area contributed by atoms with Gasteiger partial charge in [-0.2, -0.15) is 0 Å². The van der Waals surface area contributed by atoms with Crippen LogP contribution in [-0.4, -0.2) is 48.8 Å². The van der Waals surface area contributed by atoms with E-state index in [-0.39, 0.29) is 19.0 Å². The van der Waals surface area contributed by atoms with Crippen LogP contribution in [0.25, 0.3) is 0 Å². The lowest BCUT2D eigenvalue weighted by Gasteiger charge is -2.08. The highest BCUT2D eigenvalue weighted by molar-refractivity contribution is 5.78. The summed E-state index contributed by atoms with van der Waals surface area (Å²) in [5.41, 5.74) is 0. The van der Waals surface area contributed by atoms with Crippen LogP contribution in [-0.2, 0) is 23.9 Å². The number of hydrogen-bond acceptors (Lipinski definition) is 5. The van der Waals surface area contributed by atoms with Gasteiger partial charge in [0.05, 0.1) is 6.61 Å². The molecule has 1 amide bonds. The third-order valence-electron chi connectivity index (χ3n) is 2.00. The van der Waals surface area contributed by atoms with E-state index in [9.17, 15) is 14.4 Å². The molecule has 0 heterocycles. The zero-order chi connectivity index (χ0) is 14.0. The maximum atomic E-state index is 11.2. The number of carboxylic acids is 1. The minimum Gasteiger partial charge on any atom is -0.479 e. The van der Waals surface area contributed by atoms with Gasteiger partial charge in [-0.25, -0.2) is 4.79 Å². The lowest BCUT2D eigenvalue weighted by Crippen LogP contribution is -2.32. The van der Waals surface area contributed by atoms with Crippen LogP contribution in [0.1, 0.15) is 26.7 Å². The maximum absolute atomic E-state index is 11.2. The number of carbonyl (C=O) groups excluding carboxylic acids is 2. The van der Waals surface area contributed by atoms with Gasteiger partial charge in [0.1, 0.15) is 6.61 Å². The molecule has 0 aromatic rings. The van der Waals surface area contributed by atoms with Gasteiger partial charge in [-0.05, 0) is 20.3 Å². The van der Waals surface area contributed by atoms with Gasteiger partial charge in [-0.1, -0.05) is 0 Å². The van der Waals surface area contributed by atoms with E-state index in [2.05, 4.69) is 5.32 Å². The van der Waals surface area contributed by atoms with Crippen LogP contribution in [0.15, 0.2) is 0 Å². The molecule has 0 spiro atoms. The first-order chi connectivity index (χ1) is 8.47. The molecule has 7 heteroatoms. The summed E-state index contributed by atoms with van der Waals surface area (Å²) in [6.45, 7) is 3.42. The van der Waals surface area contributed by atoms with Gasteiger partial charge in [0.15, 0.2) is 6.10 Å². The highest BCUT2D eigenvalue weighted by Crippen LogP contribution is 1.92. The van der Waals surface area contributed by atoms with Gasteiger partial charge in [0, 0.05) is 13.0 Å². The van der Waals surface area contributed by atoms with E-state index in [0.29, 0.717) is 19.6 Å². The van der Waals surface area contributed by atoms with Gasteiger partial charge in [0.2, 0.25) is 5.91 Å². The van der Waals surface area contributed by atoms with E-state index in [1.807, 2.05) is 0 Å². The largest absolute Gasteiger partial charge is 0.479 e. The molecule has 18 heavy (non-hydrogen) atoms. The van der Waals surface area contributed by atoms with Gasteiger partial charge in [-0.3, -0.25) is 9.59 Å². The average Bonchev–Trinajstić information content (AvgIpc) is 2.31. The van der Waals surface area contributed by atoms with Crippen molar-refractivity contribution in [2.75, 3.05) is 19.8 Å². The Morgan fingerprint density at radius 1 is 1.33 bits per heavy atom. The molecule has 0 saturated heterocycles. The second-order valence-electron chi connectivity index (χ2n) is 3.55. The minimum atomic E-state index is -1.12. The van der Waals surface area contributed by atoms with Crippen molar-refractivity contribution in [3.05, 3.63) is 0 Å². The number of nitrogens with one attached hydrogen (secondary N) is 1. The number of esters is 1. The van der Waals surface area contributed by atoms with Gasteiger partial charge < -0.3 is 19.9 Å². The van der Waals surface area contributed by atoms with Crippen molar-refractivity contribution < 1.29 is 29.0 Å². The standard InChI is InChI=1S/C11H19NO6/c1-3-17-10(14)5-4-6-12-9(13)7-18-8(2)11(15)16/h8H,3-7H2,1-2H3,(H,12,13)(H,15,16)/t8-/m1/s1. The molecular formula is C11H19NO6. The molecule has 0 radical (unpaired) electrons. The summed E-state index contributed by atoms with van der Waals surface area (Å²) in [6.07, 6.45) is -0.310. The number of rotatable bonds is 9. The van der Waals surface area contributed by atoms with Crippen molar-refractivity contribution >= 4 is 17.8 Å². The smallest absolute Gasteiger partial charge is 0.332 e. The number of aliphatic carboxylic acids is 1. The van der Waals surface area contributed by atoms with Gasteiger partial charge in [0.25, 0.3) is 0 Å². The Morgan fingerprint density at radius 3 is 2.56 bits per heavy atom. The second-order valence-corrected chi connectivity index (χ2v) is 3.55. The predicted octanol–water partition coefficient (Wildman–Crippen LogP) is -0.0644. The van der Waals surface area contributed by atoms with Crippen molar-refractivity contribution in [1.29, 1.82) is 0 Å². The Hall–Kier alpha value is -1.63. The Kier molecular flexibility index (Phi) is 8.55.